The summed E-state index contributed by atoms with van der Waals surface area (Å²) in [6.07, 6.45) is 3.70. The van der Waals surface area contributed by atoms with Gasteiger partial charge in [0, 0.05) is 17.8 Å². The minimum absolute atomic E-state index is 0.263. The van der Waals surface area contributed by atoms with Crippen LogP contribution in [0.15, 0.2) is 36.7 Å². The van der Waals surface area contributed by atoms with E-state index < -0.39 is 0 Å². The molecule has 1 fully saturated rings. The Morgan fingerprint density at radius 2 is 2.00 bits per heavy atom. The highest BCUT2D eigenvalue weighted by atomic mass is 16.5. The first-order chi connectivity index (χ1) is 10.2. The molecule has 1 aromatic carbocycles. The number of amides is 1. The summed E-state index contributed by atoms with van der Waals surface area (Å²) in [6.45, 7) is 0. The molecule has 21 heavy (non-hydrogen) atoms. The lowest BCUT2D eigenvalue weighted by Crippen LogP contribution is -2.15. The van der Waals surface area contributed by atoms with Crippen molar-refractivity contribution < 1.29 is 9.53 Å². The summed E-state index contributed by atoms with van der Waals surface area (Å²) >= 11 is 0. The van der Waals surface area contributed by atoms with Crippen molar-refractivity contribution in [1.82, 2.24) is 9.97 Å². The predicted octanol–water partition coefficient (Wildman–Crippen LogP) is 2.31. The molecule has 0 spiro atoms. The molecule has 1 aromatic heterocycles. The van der Waals surface area contributed by atoms with Crippen molar-refractivity contribution >= 4 is 17.4 Å². The van der Waals surface area contributed by atoms with Crippen LogP contribution < -0.4 is 15.4 Å². The monoisotopic (exact) mass is 284 g/mol. The molecule has 1 amide bonds. The van der Waals surface area contributed by atoms with Crippen LogP contribution in [0.1, 0.15) is 23.3 Å². The number of anilines is 2. The van der Waals surface area contributed by atoms with E-state index in [0.717, 1.165) is 18.6 Å². The maximum Gasteiger partial charge on any atom is 0.274 e. The zero-order valence-electron chi connectivity index (χ0n) is 11.7. The summed E-state index contributed by atoms with van der Waals surface area (Å²) in [7, 11) is 1.60. The lowest BCUT2D eigenvalue weighted by atomic mass is 10.3. The van der Waals surface area contributed by atoms with Gasteiger partial charge in [0.2, 0.25) is 0 Å². The number of carbonyl (C=O) groups is 1. The smallest absolute Gasteiger partial charge is 0.274 e. The van der Waals surface area contributed by atoms with Crippen molar-refractivity contribution in [3.8, 4) is 5.75 Å². The average molecular weight is 284 g/mol. The standard InChI is InChI=1S/C15H16N4O2/c1-21-12-6-4-11(5-7-12)19-15(20)13-8-14(17-9-16-13)18-10-2-3-10/h4-10H,2-3H2,1H3,(H,19,20)(H,16,17,18). The van der Waals surface area contributed by atoms with Gasteiger partial charge in [-0.25, -0.2) is 9.97 Å². The van der Waals surface area contributed by atoms with Gasteiger partial charge in [-0.1, -0.05) is 0 Å². The molecule has 0 bridgehead atoms. The Hall–Kier alpha value is -2.63. The highest BCUT2D eigenvalue weighted by Crippen LogP contribution is 2.23. The summed E-state index contributed by atoms with van der Waals surface area (Å²) in [5.74, 6) is 1.17. The van der Waals surface area contributed by atoms with Gasteiger partial charge in [0.15, 0.2) is 0 Å². The van der Waals surface area contributed by atoms with Crippen LogP contribution in [0, 0.1) is 0 Å². The molecule has 0 radical (unpaired) electrons. The van der Waals surface area contributed by atoms with Crippen molar-refractivity contribution in [2.24, 2.45) is 0 Å². The Morgan fingerprint density at radius 1 is 1.24 bits per heavy atom. The van der Waals surface area contributed by atoms with Crippen molar-refractivity contribution in [1.29, 1.82) is 0 Å². The molecular weight excluding hydrogens is 268 g/mol. The van der Waals surface area contributed by atoms with Crippen LogP contribution in [0.4, 0.5) is 11.5 Å². The molecule has 1 saturated carbocycles. The van der Waals surface area contributed by atoms with Crippen LogP contribution in [0.5, 0.6) is 5.75 Å². The number of hydrogen-bond donors (Lipinski definition) is 2. The first-order valence-corrected chi connectivity index (χ1v) is 6.78. The number of nitrogens with zero attached hydrogens (tertiary/aromatic N) is 2. The maximum absolute atomic E-state index is 12.2. The molecule has 2 N–H and O–H groups in total. The van der Waals surface area contributed by atoms with Gasteiger partial charge in [0.05, 0.1) is 7.11 Å². The SMILES string of the molecule is COc1ccc(NC(=O)c2cc(NC3CC3)ncn2)cc1. The number of carbonyl (C=O) groups excluding carboxylic acids is 1. The van der Waals surface area contributed by atoms with Crippen LogP contribution >= 0.6 is 0 Å². The van der Waals surface area contributed by atoms with Crippen LogP contribution in [-0.4, -0.2) is 29.0 Å². The third-order valence-electron chi connectivity index (χ3n) is 3.18. The van der Waals surface area contributed by atoms with Crippen LogP contribution in [0.3, 0.4) is 0 Å². The zero-order chi connectivity index (χ0) is 14.7. The van der Waals surface area contributed by atoms with E-state index in [1.807, 2.05) is 0 Å². The number of nitrogens with one attached hydrogen (secondary N) is 2. The first-order valence-electron chi connectivity index (χ1n) is 6.78. The first kappa shape index (κ1) is 13.4. The Bertz CT molecular complexity index is 638. The molecule has 6 heteroatoms. The minimum atomic E-state index is -0.263. The summed E-state index contributed by atoms with van der Waals surface area (Å²) < 4.78 is 5.08. The van der Waals surface area contributed by atoms with Gasteiger partial charge < -0.3 is 15.4 Å². The van der Waals surface area contributed by atoms with Gasteiger partial charge in [-0.05, 0) is 37.1 Å². The molecule has 1 aliphatic rings. The number of hydrogen-bond acceptors (Lipinski definition) is 5. The Kier molecular flexibility index (Phi) is 3.68. The molecule has 0 atom stereocenters. The Labute approximate surface area is 122 Å². The number of aromatic nitrogens is 2. The van der Waals surface area contributed by atoms with E-state index in [2.05, 4.69) is 20.6 Å². The number of ether oxygens (including phenoxy) is 1. The van der Waals surface area contributed by atoms with Gasteiger partial charge in [0.25, 0.3) is 5.91 Å². The number of benzene rings is 1. The summed E-state index contributed by atoms with van der Waals surface area (Å²) in [5.41, 5.74) is 1.03. The average Bonchev–Trinajstić information content (AvgIpc) is 3.32. The zero-order valence-corrected chi connectivity index (χ0v) is 11.7. The van der Waals surface area contributed by atoms with E-state index in [9.17, 15) is 4.79 Å². The van der Waals surface area contributed by atoms with E-state index in [1.54, 1.807) is 37.4 Å². The molecule has 0 aliphatic heterocycles. The van der Waals surface area contributed by atoms with Crippen LogP contribution in [0.2, 0.25) is 0 Å². The second-order valence-corrected chi connectivity index (χ2v) is 4.89. The number of methoxy groups -OCH3 is 1. The molecule has 6 nitrogen and oxygen atoms in total. The van der Waals surface area contributed by atoms with Crippen molar-refractivity contribution in [2.45, 2.75) is 18.9 Å². The lowest BCUT2D eigenvalue weighted by Gasteiger charge is -2.07. The van der Waals surface area contributed by atoms with Crippen LogP contribution in [-0.2, 0) is 0 Å². The fraction of sp³-hybridized carbons (Fsp3) is 0.267. The van der Waals surface area contributed by atoms with Crippen LogP contribution in [0.25, 0.3) is 0 Å². The fourth-order valence-corrected chi connectivity index (χ4v) is 1.87. The second-order valence-electron chi connectivity index (χ2n) is 4.89. The van der Waals surface area contributed by atoms with Gasteiger partial charge in [-0.3, -0.25) is 4.79 Å². The van der Waals surface area contributed by atoms with Crippen molar-refractivity contribution in [2.75, 3.05) is 17.7 Å². The van der Waals surface area contributed by atoms with E-state index in [0.29, 0.717) is 23.2 Å². The summed E-state index contributed by atoms with van der Waals surface area (Å²) in [6, 6.07) is 9.28. The third kappa shape index (κ3) is 3.47. The molecule has 108 valence electrons. The van der Waals surface area contributed by atoms with Gasteiger partial charge in [-0.2, -0.15) is 0 Å². The molecule has 2 aromatic rings. The molecule has 1 heterocycles. The normalized spacial score (nSPS) is 13.6. The lowest BCUT2D eigenvalue weighted by molar-refractivity contribution is 0.102. The molecule has 1 aliphatic carbocycles. The topological polar surface area (TPSA) is 76.1 Å². The summed E-state index contributed by atoms with van der Waals surface area (Å²) in [5, 5.41) is 6.04. The summed E-state index contributed by atoms with van der Waals surface area (Å²) in [4.78, 5) is 20.3. The Balaban J connectivity index is 1.68. The Morgan fingerprint density at radius 3 is 2.67 bits per heavy atom. The highest BCUT2D eigenvalue weighted by molar-refractivity contribution is 6.03. The molecule has 3 rings (SSSR count). The largest absolute Gasteiger partial charge is 0.497 e. The van der Waals surface area contributed by atoms with E-state index in [-0.39, 0.29) is 5.91 Å². The van der Waals surface area contributed by atoms with Gasteiger partial charge in [-0.15, -0.1) is 0 Å². The number of rotatable bonds is 5. The van der Waals surface area contributed by atoms with Crippen molar-refractivity contribution in [3.63, 3.8) is 0 Å². The molecule has 0 saturated heterocycles. The third-order valence-corrected chi connectivity index (χ3v) is 3.18. The second kappa shape index (κ2) is 5.78. The van der Waals surface area contributed by atoms with E-state index in [1.165, 1.54) is 6.33 Å². The molecular formula is C15H16N4O2. The quantitative estimate of drug-likeness (QED) is 0.881. The van der Waals surface area contributed by atoms with Gasteiger partial charge in [0.1, 0.15) is 23.6 Å². The van der Waals surface area contributed by atoms with E-state index in [4.69, 9.17) is 4.74 Å². The minimum Gasteiger partial charge on any atom is -0.497 e. The van der Waals surface area contributed by atoms with Gasteiger partial charge >= 0.3 is 0 Å². The maximum atomic E-state index is 12.2. The fourth-order valence-electron chi connectivity index (χ4n) is 1.87. The van der Waals surface area contributed by atoms with E-state index >= 15 is 0 Å². The predicted molar refractivity (Wildman–Crippen MR) is 79.6 cm³/mol. The molecule has 0 unspecified atom stereocenters. The highest BCUT2D eigenvalue weighted by Gasteiger charge is 2.21. The van der Waals surface area contributed by atoms with Crippen molar-refractivity contribution in [3.05, 3.63) is 42.4 Å².